The normalized spacial score (nSPS) is 11.2. The van der Waals surface area contributed by atoms with E-state index in [1.807, 2.05) is 12.1 Å². The minimum atomic E-state index is 0.0950. The third-order valence-electron chi connectivity index (χ3n) is 3.04. The highest BCUT2D eigenvalue weighted by molar-refractivity contribution is 7.80. The van der Waals surface area contributed by atoms with E-state index in [4.69, 9.17) is 18.0 Å². The van der Waals surface area contributed by atoms with Crippen molar-refractivity contribution in [2.24, 2.45) is 5.73 Å². The second kappa shape index (κ2) is 5.25. The van der Waals surface area contributed by atoms with Crippen molar-refractivity contribution in [1.29, 1.82) is 0 Å². The molecule has 0 spiro atoms. The van der Waals surface area contributed by atoms with Crippen LogP contribution in [0.2, 0.25) is 0 Å². The zero-order valence-corrected chi connectivity index (χ0v) is 10.9. The molecule has 0 aliphatic heterocycles. The molecule has 0 radical (unpaired) electrons. The van der Waals surface area contributed by atoms with Gasteiger partial charge in [0.05, 0.1) is 0 Å². The molecule has 3 N–H and O–H groups in total. The summed E-state index contributed by atoms with van der Waals surface area (Å²) in [4.78, 5) is 4.68. The Kier molecular flexibility index (Phi) is 4.24. The molecular formula is C12H19N3S. The largest absolute Gasteiger partial charge is 0.389 e. The maximum Gasteiger partial charge on any atom is 0.126 e. The molecule has 0 amide bonds. The zero-order valence-electron chi connectivity index (χ0n) is 10.1. The van der Waals surface area contributed by atoms with E-state index in [2.05, 4.69) is 31.1 Å². The smallest absolute Gasteiger partial charge is 0.126 e. The first-order valence-electron chi connectivity index (χ1n) is 5.55. The second-order valence-corrected chi connectivity index (χ2v) is 4.63. The van der Waals surface area contributed by atoms with E-state index in [-0.39, 0.29) is 5.54 Å². The number of pyridine rings is 1. The Balaban J connectivity index is 2.79. The number of anilines is 1. The highest BCUT2D eigenvalue weighted by atomic mass is 32.1. The SMILES string of the molecule is CCC(C)(CC)Nc1ccc(C(N)=S)cn1. The molecule has 0 aliphatic rings. The van der Waals surface area contributed by atoms with Crippen LogP contribution in [0.15, 0.2) is 18.3 Å². The van der Waals surface area contributed by atoms with Gasteiger partial charge in [0.1, 0.15) is 10.8 Å². The van der Waals surface area contributed by atoms with Gasteiger partial charge in [-0.15, -0.1) is 0 Å². The number of rotatable bonds is 5. The molecule has 1 aromatic heterocycles. The summed E-state index contributed by atoms with van der Waals surface area (Å²) in [5.74, 6) is 0.867. The molecule has 0 aliphatic carbocycles. The average molecular weight is 237 g/mol. The van der Waals surface area contributed by atoms with Crippen molar-refractivity contribution in [1.82, 2.24) is 4.98 Å². The number of thiocarbonyl (C=S) groups is 1. The lowest BCUT2D eigenvalue weighted by Gasteiger charge is -2.28. The lowest BCUT2D eigenvalue weighted by Crippen LogP contribution is -2.33. The Bertz CT molecular complexity index is 355. The van der Waals surface area contributed by atoms with Crippen molar-refractivity contribution >= 4 is 23.0 Å². The summed E-state index contributed by atoms with van der Waals surface area (Å²) in [6.45, 7) is 6.52. The van der Waals surface area contributed by atoms with Gasteiger partial charge < -0.3 is 11.1 Å². The summed E-state index contributed by atoms with van der Waals surface area (Å²) >= 11 is 4.88. The number of nitrogens with zero attached hydrogens (tertiary/aromatic N) is 1. The molecular weight excluding hydrogens is 218 g/mol. The van der Waals surface area contributed by atoms with Crippen molar-refractivity contribution in [2.45, 2.75) is 39.2 Å². The third-order valence-corrected chi connectivity index (χ3v) is 3.27. The van der Waals surface area contributed by atoms with Gasteiger partial charge in [0.2, 0.25) is 0 Å². The molecule has 0 saturated heterocycles. The minimum Gasteiger partial charge on any atom is -0.389 e. The predicted molar refractivity (Wildman–Crippen MR) is 72.7 cm³/mol. The van der Waals surface area contributed by atoms with Crippen LogP contribution in [0.5, 0.6) is 0 Å². The first kappa shape index (κ1) is 12.9. The Labute approximate surface area is 102 Å². The lowest BCUT2D eigenvalue weighted by atomic mass is 9.95. The van der Waals surface area contributed by atoms with Crippen LogP contribution >= 0.6 is 12.2 Å². The summed E-state index contributed by atoms with van der Waals surface area (Å²) < 4.78 is 0. The van der Waals surface area contributed by atoms with Gasteiger partial charge in [-0.1, -0.05) is 26.1 Å². The molecule has 0 atom stereocenters. The van der Waals surface area contributed by atoms with E-state index >= 15 is 0 Å². The van der Waals surface area contributed by atoms with Crippen LogP contribution in [0.1, 0.15) is 39.2 Å². The first-order valence-corrected chi connectivity index (χ1v) is 5.95. The van der Waals surface area contributed by atoms with Crippen molar-refractivity contribution in [3.8, 4) is 0 Å². The van der Waals surface area contributed by atoms with Crippen molar-refractivity contribution in [3.05, 3.63) is 23.9 Å². The van der Waals surface area contributed by atoms with Crippen LogP contribution in [-0.2, 0) is 0 Å². The van der Waals surface area contributed by atoms with Crippen LogP contribution in [-0.4, -0.2) is 15.5 Å². The average Bonchev–Trinajstić information content (AvgIpc) is 2.29. The van der Waals surface area contributed by atoms with Gasteiger partial charge in [-0.2, -0.15) is 0 Å². The highest BCUT2D eigenvalue weighted by Crippen LogP contribution is 2.20. The molecule has 0 aromatic carbocycles. The van der Waals surface area contributed by atoms with Crippen LogP contribution in [0.25, 0.3) is 0 Å². The Morgan fingerprint density at radius 1 is 1.44 bits per heavy atom. The molecule has 0 unspecified atom stereocenters. The summed E-state index contributed by atoms with van der Waals surface area (Å²) in [5, 5.41) is 3.43. The van der Waals surface area contributed by atoms with Crippen molar-refractivity contribution in [3.63, 3.8) is 0 Å². The van der Waals surface area contributed by atoms with E-state index in [0.717, 1.165) is 24.2 Å². The van der Waals surface area contributed by atoms with E-state index in [9.17, 15) is 0 Å². The molecule has 1 rings (SSSR count). The fourth-order valence-electron chi connectivity index (χ4n) is 1.35. The van der Waals surface area contributed by atoms with Crippen LogP contribution in [0.3, 0.4) is 0 Å². The summed E-state index contributed by atoms with van der Waals surface area (Å²) in [7, 11) is 0. The maximum atomic E-state index is 5.51. The van der Waals surface area contributed by atoms with Gasteiger partial charge >= 0.3 is 0 Å². The van der Waals surface area contributed by atoms with Gasteiger partial charge in [0.15, 0.2) is 0 Å². The highest BCUT2D eigenvalue weighted by Gasteiger charge is 2.19. The fraction of sp³-hybridized carbons (Fsp3) is 0.500. The topological polar surface area (TPSA) is 50.9 Å². The molecule has 3 nitrogen and oxygen atoms in total. The molecule has 16 heavy (non-hydrogen) atoms. The second-order valence-electron chi connectivity index (χ2n) is 4.19. The molecule has 4 heteroatoms. The van der Waals surface area contributed by atoms with E-state index < -0.39 is 0 Å². The molecule has 0 fully saturated rings. The van der Waals surface area contributed by atoms with Crippen LogP contribution in [0.4, 0.5) is 5.82 Å². The molecule has 0 saturated carbocycles. The van der Waals surface area contributed by atoms with E-state index in [1.54, 1.807) is 6.20 Å². The Morgan fingerprint density at radius 3 is 2.44 bits per heavy atom. The molecule has 1 aromatic rings. The summed E-state index contributed by atoms with van der Waals surface area (Å²) in [5.41, 5.74) is 6.41. The van der Waals surface area contributed by atoms with Gasteiger partial charge in [-0.05, 0) is 31.9 Å². The first-order chi connectivity index (χ1) is 7.50. The van der Waals surface area contributed by atoms with Crippen LogP contribution < -0.4 is 11.1 Å². The summed E-state index contributed by atoms with van der Waals surface area (Å²) in [6.07, 6.45) is 3.82. The molecule has 88 valence electrons. The monoisotopic (exact) mass is 237 g/mol. The number of hydrogen-bond acceptors (Lipinski definition) is 3. The van der Waals surface area contributed by atoms with E-state index in [0.29, 0.717) is 4.99 Å². The van der Waals surface area contributed by atoms with Crippen LogP contribution in [0, 0.1) is 0 Å². The minimum absolute atomic E-state index is 0.0950. The van der Waals surface area contributed by atoms with Crippen molar-refractivity contribution in [2.75, 3.05) is 5.32 Å². The Morgan fingerprint density at radius 2 is 2.06 bits per heavy atom. The molecule has 0 bridgehead atoms. The van der Waals surface area contributed by atoms with Gasteiger partial charge in [0, 0.05) is 17.3 Å². The Hall–Kier alpha value is -1.16. The standard InChI is InChI=1S/C12H19N3S/c1-4-12(3,5-2)15-10-7-6-9(8-14-10)11(13)16/h6-8H,4-5H2,1-3H3,(H2,13,16)(H,14,15). The predicted octanol–water partition coefficient (Wildman–Crippen LogP) is 2.71. The quantitative estimate of drug-likeness (QED) is 0.773. The number of nitrogens with two attached hydrogens (primary N) is 1. The summed E-state index contributed by atoms with van der Waals surface area (Å²) in [6, 6.07) is 3.81. The van der Waals surface area contributed by atoms with Gasteiger partial charge in [-0.3, -0.25) is 0 Å². The molecule has 1 heterocycles. The lowest BCUT2D eigenvalue weighted by molar-refractivity contribution is 0.477. The van der Waals surface area contributed by atoms with Gasteiger partial charge in [0.25, 0.3) is 0 Å². The van der Waals surface area contributed by atoms with E-state index in [1.165, 1.54) is 0 Å². The van der Waals surface area contributed by atoms with Gasteiger partial charge in [-0.25, -0.2) is 4.98 Å². The number of hydrogen-bond donors (Lipinski definition) is 2. The fourth-order valence-corrected chi connectivity index (χ4v) is 1.47. The maximum absolute atomic E-state index is 5.51. The number of aromatic nitrogens is 1. The van der Waals surface area contributed by atoms with Crippen molar-refractivity contribution < 1.29 is 0 Å². The zero-order chi connectivity index (χ0) is 12.2. The number of nitrogens with one attached hydrogen (secondary N) is 1. The third kappa shape index (κ3) is 3.17.